The number of para-hydroxylation sites is 1. The topological polar surface area (TPSA) is 102 Å². The Bertz CT molecular complexity index is 1250. The van der Waals surface area contributed by atoms with Crippen LogP contribution in [0, 0.1) is 0 Å². The van der Waals surface area contributed by atoms with Crippen LogP contribution in [0.2, 0.25) is 0 Å². The van der Waals surface area contributed by atoms with Crippen molar-refractivity contribution in [1.29, 1.82) is 0 Å². The van der Waals surface area contributed by atoms with Gasteiger partial charge >= 0.3 is 0 Å². The molecule has 3 N–H and O–H groups in total. The highest BCUT2D eigenvalue weighted by Crippen LogP contribution is 2.36. The Morgan fingerprint density at radius 2 is 1.79 bits per heavy atom. The van der Waals surface area contributed by atoms with E-state index in [1.165, 1.54) is 31.2 Å². The Kier molecular flexibility index (Phi) is 5.62. The number of benzene rings is 1. The molecular weight excluding hydrogens is 426 g/mol. The molecule has 9 heteroatoms. The maximum absolute atomic E-state index is 6.15. The molecule has 0 amide bonds. The molecule has 3 aromatic heterocycles. The molecule has 6 rings (SSSR count). The molecular formula is C25H31N9. The molecule has 1 saturated carbocycles. The minimum atomic E-state index is 0.264. The van der Waals surface area contributed by atoms with Crippen LogP contribution in [0.3, 0.4) is 0 Å². The molecule has 2 aliphatic rings. The lowest BCUT2D eigenvalue weighted by Gasteiger charge is -2.30. The van der Waals surface area contributed by atoms with E-state index in [0.29, 0.717) is 12.5 Å². The third-order valence-corrected chi connectivity index (χ3v) is 7.18. The maximum Gasteiger partial charge on any atom is 0.230 e. The Morgan fingerprint density at radius 1 is 0.971 bits per heavy atom. The number of anilines is 2. The summed E-state index contributed by atoms with van der Waals surface area (Å²) in [5.41, 5.74) is 10.5. The summed E-state index contributed by atoms with van der Waals surface area (Å²) >= 11 is 0. The van der Waals surface area contributed by atoms with Crippen molar-refractivity contribution in [2.45, 2.75) is 57.0 Å². The van der Waals surface area contributed by atoms with E-state index in [4.69, 9.17) is 20.8 Å². The van der Waals surface area contributed by atoms with Crippen LogP contribution in [0.15, 0.2) is 48.9 Å². The van der Waals surface area contributed by atoms with Crippen LogP contribution >= 0.6 is 0 Å². The molecule has 4 heterocycles. The van der Waals surface area contributed by atoms with Gasteiger partial charge in [0.1, 0.15) is 0 Å². The second-order valence-electron chi connectivity index (χ2n) is 9.42. The van der Waals surface area contributed by atoms with Gasteiger partial charge in [-0.3, -0.25) is 0 Å². The van der Waals surface area contributed by atoms with Gasteiger partial charge in [0.25, 0.3) is 0 Å². The first-order valence-corrected chi connectivity index (χ1v) is 12.3. The van der Waals surface area contributed by atoms with Gasteiger partial charge in [-0.25, -0.2) is 4.68 Å². The second-order valence-corrected chi connectivity index (χ2v) is 9.42. The van der Waals surface area contributed by atoms with Gasteiger partial charge < -0.3 is 16.0 Å². The van der Waals surface area contributed by atoms with Crippen molar-refractivity contribution in [2.75, 3.05) is 23.3 Å². The molecule has 1 saturated heterocycles. The number of aromatic nitrogens is 6. The number of nitrogens with two attached hydrogens (primary N) is 1. The summed E-state index contributed by atoms with van der Waals surface area (Å²) < 4.78 is 3.77. The number of piperidine rings is 1. The lowest BCUT2D eigenvalue weighted by Crippen LogP contribution is -2.40. The third kappa shape index (κ3) is 4.00. The second kappa shape index (κ2) is 9.06. The number of hydrogen-bond acceptors (Lipinski definition) is 7. The van der Waals surface area contributed by atoms with E-state index >= 15 is 0 Å². The van der Waals surface area contributed by atoms with E-state index < -0.39 is 0 Å². The summed E-state index contributed by atoms with van der Waals surface area (Å²) in [7, 11) is 0. The van der Waals surface area contributed by atoms with E-state index in [2.05, 4.69) is 27.4 Å². The molecule has 1 aliphatic heterocycles. The number of rotatable bonds is 6. The van der Waals surface area contributed by atoms with Crippen LogP contribution in [0.4, 0.5) is 11.9 Å². The van der Waals surface area contributed by atoms with Gasteiger partial charge in [0.15, 0.2) is 5.65 Å². The standard InChI is InChI=1S/C25H31N9/c26-20-10-14-32(15-11-20)25-30-23-21(18-6-1-2-7-18)17-29-34(23)24(31-25)27-16-19-8-3-4-9-22(19)33-13-5-12-28-33/h3-5,8-9,12-13,17-18,20H,1-2,6-7,10-11,14-16,26H2,(H,27,30,31). The fourth-order valence-electron chi connectivity index (χ4n) is 5.23. The number of fused-ring (bicyclic) bond motifs is 1. The van der Waals surface area contributed by atoms with Gasteiger partial charge in [-0.15, -0.1) is 0 Å². The fourth-order valence-corrected chi connectivity index (χ4v) is 5.23. The SMILES string of the molecule is NC1CCN(c2nc(NCc3ccccc3-n3cccn3)n3ncc(C4CCCC4)c3n2)CC1. The van der Waals surface area contributed by atoms with Crippen LogP contribution in [-0.4, -0.2) is 48.5 Å². The van der Waals surface area contributed by atoms with Crippen LogP contribution in [0.1, 0.15) is 55.6 Å². The minimum absolute atomic E-state index is 0.264. The van der Waals surface area contributed by atoms with E-state index in [0.717, 1.165) is 54.7 Å². The zero-order valence-electron chi connectivity index (χ0n) is 19.3. The fraction of sp³-hybridized carbons (Fsp3) is 0.440. The van der Waals surface area contributed by atoms with Crippen molar-refractivity contribution in [3.05, 3.63) is 60.0 Å². The highest BCUT2D eigenvalue weighted by molar-refractivity contribution is 5.57. The highest BCUT2D eigenvalue weighted by Gasteiger charge is 2.25. The Balaban J connectivity index is 1.36. The van der Waals surface area contributed by atoms with E-state index in [9.17, 15) is 0 Å². The van der Waals surface area contributed by atoms with Crippen molar-refractivity contribution in [2.24, 2.45) is 5.73 Å². The van der Waals surface area contributed by atoms with Crippen LogP contribution in [-0.2, 0) is 6.54 Å². The largest absolute Gasteiger partial charge is 0.350 e. The van der Waals surface area contributed by atoms with Gasteiger partial charge in [0.05, 0.1) is 11.9 Å². The molecule has 176 valence electrons. The summed E-state index contributed by atoms with van der Waals surface area (Å²) in [6.07, 6.45) is 12.6. The first-order valence-electron chi connectivity index (χ1n) is 12.3. The zero-order valence-corrected chi connectivity index (χ0v) is 19.3. The highest BCUT2D eigenvalue weighted by atomic mass is 15.4. The Hall–Kier alpha value is -3.46. The average Bonchev–Trinajstić information content (AvgIpc) is 3.65. The smallest absolute Gasteiger partial charge is 0.230 e. The van der Waals surface area contributed by atoms with Crippen molar-refractivity contribution in [1.82, 2.24) is 29.4 Å². The molecule has 0 bridgehead atoms. The quantitative estimate of drug-likeness (QED) is 0.457. The molecule has 9 nitrogen and oxygen atoms in total. The number of nitrogens with zero attached hydrogens (tertiary/aromatic N) is 7. The molecule has 2 fully saturated rings. The maximum atomic E-state index is 6.15. The van der Waals surface area contributed by atoms with Gasteiger partial charge in [-0.05, 0) is 49.3 Å². The zero-order chi connectivity index (χ0) is 22.9. The predicted octanol–water partition coefficient (Wildman–Crippen LogP) is 3.51. The monoisotopic (exact) mass is 457 g/mol. The molecule has 4 aromatic rings. The molecule has 0 radical (unpaired) electrons. The van der Waals surface area contributed by atoms with Gasteiger partial charge in [0, 0.05) is 43.6 Å². The molecule has 0 spiro atoms. The molecule has 1 aromatic carbocycles. The van der Waals surface area contributed by atoms with Crippen molar-refractivity contribution < 1.29 is 0 Å². The first-order chi connectivity index (χ1) is 16.8. The predicted molar refractivity (Wildman–Crippen MR) is 132 cm³/mol. The third-order valence-electron chi connectivity index (χ3n) is 7.18. The van der Waals surface area contributed by atoms with E-state index in [1.807, 2.05) is 39.8 Å². The molecule has 0 unspecified atom stereocenters. The van der Waals surface area contributed by atoms with Gasteiger partial charge in [-0.2, -0.15) is 24.7 Å². The van der Waals surface area contributed by atoms with Crippen LogP contribution in [0.25, 0.3) is 11.3 Å². The Morgan fingerprint density at radius 3 is 2.59 bits per heavy atom. The Labute approximate surface area is 199 Å². The minimum Gasteiger partial charge on any atom is -0.350 e. The molecule has 1 aliphatic carbocycles. The normalized spacial score (nSPS) is 17.6. The van der Waals surface area contributed by atoms with Crippen LogP contribution < -0.4 is 16.0 Å². The van der Waals surface area contributed by atoms with Crippen LogP contribution in [0.5, 0.6) is 0 Å². The number of nitrogens with one attached hydrogen (secondary N) is 1. The van der Waals surface area contributed by atoms with E-state index in [1.54, 1.807) is 6.20 Å². The van der Waals surface area contributed by atoms with Crippen molar-refractivity contribution in [3.8, 4) is 5.69 Å². The summed E-state index contributed by atoms with van der Waals surface area (Å²) in [5, 5.41) is 12.7. The van der Waals surface area contributed by atoms with E-state index in [-0.39, 0.29) is 6.04 Å². The molecule has 0 atom stereocenters. The summed E-state index contributed by atoms with van der Waals surface area (Å²) in [6, 6.07) is 10.5. The van der Waals surface area contributed by atoms with Gasteiger partial charge in [0.2, 0.25) is 11.9 Å². The van der Waals surface area contributed by atoms with Gasteiger partial charge in [-0.1, -0.05) is 31.0 Å². The summed E-state index contributed by atoms with van der Waals surface area (Å²) in [5.74, 6) is 2.01. The summed E-state index contributed by atoms with van der Waals surface area (Å²) in [4.78, 5) is 12.2. The first kappa shape index (κ1) is 21.1. The summed E-state index contributed by atoms with van der Waals surface area (Å²) in [6.45, 7) is 2.36. The number of hydrogen-bond donors (Lipinski definition) is 2. The average molecular weight is 458 g/mol. The molecule has 34 heavy (non-hydrogen) atoms. The lowest BCUT2D eigenvalue weighted by atomic mass is 10.0. The lowest BCUT2D eigenvalue weighted by molar-refractivity contribution is 0.495. The van der Waals surface area contributed by atoms with Crippen molar-refractivity contribution in [3.63, 3.8) is 0 Å². The van der Waals surface area contributed by atoms with Crippen molar-refractivity contribution >= 4 is 17.5 Å².